The number of hydrogen-bond donors (Lipinski definition) is 0. The van der Waals surface area contributed by atoms with E-state index in [2.05, 4.69) is 19.1 Å². The summed E-state index contributed by atoms with van der Waals surface area (Å²) in [7, 11) is 0. The van der Waals surface area contributed by atoms with Gasteiger partial charge in [-0.2, -0.15) is 0 Å². The highest BCUT2D eigenvalue weighted by molar-refractivity contribution is 5.64. The number of halogens is 2. The number of hydrogen-bond acceptors (Lipinski definition) is 1. The second-order valence-corrected chi connectivity index (χ2v) is 8.39. The van der Waals surface area contributed by atoms with Gasteiger partial charge < -0.3 is 4.74 Å². The molecule has 0 radical (unpaired) electrons. The molecule has 3 rings (SSSR count). The van der Waals surface area contributed by atoms with Crippen LogP contribution >= 0.6 is 0 Å². The molecule has 0 bridgehead atoms. The van der Waals surface area contributed by atoms with Gasteiger partial charge in [0.1, 0.15) is 11.6 Å². The zero-order chi connectivity index (χ0) is 20.6. The quantitative estimate of drug-likeness (QED) is 0.387. The molecule has 1 nitrogen and oxygen atoms in total. The van der Waals surface area contributed by atoms with Crippen LogP contribution in [0.5, 0.6) is 0 Å². The molecule has 0 heterocycles. The smallest absolute Gasteiger partial charge is 0.132 e. The minimum atomic E-state index is -0.543. The maximum absolute atomic E-state index is 14.3. The van der Waals surface area contributed by atoms with Crippen molar-refractivity contribution in [3.05, 3.63) is 59.2 Å². The summed E-state index contributed by atoms with van der Waals surface area (Å²) in [6.07, 6.45) is 10.6. The highest BCUT2D eigenvalue weighted by Gasteiger charge is 2.22. The molecule has 0 unspecified atom stereocenters. The normalized spacial score (nSPS) is 19.4. The highest BCUT2D eigenvalue weighted by Crippen LogP contribution is 2.38. The predicted octanol–water partition coefficient (Wildman–Crippen LogP) is 8.02. The molecule has 0 saturated heterocycles. The summed E-state index contributed by atoms with van der Waals surface area (Å²) in [5.41, 5.74) is 2.78. The fourth-order valence-electron chi connectivity index (χ4n) is 4.53. The lowest BCUT2D eigenvalue weighted by molar-refractivity contribution is 0.128. The Labute approximate surface area is 174 Å². The molecule has 1 aliphatic carbocycles. The average Bonchev–Trinajstić information content (AvgIpc) is 2.74. The number of rotatable bonds is 9. The van der Waals surface area contributed by atoms with Crippen molar-refractivity contribution in [2.45, 2.75) is 77.7 Å². The molecule has 2 aromatic rings. The van der Waals surface area contributed by atoms with Crippen LogP contribution in [0.1, 0.15) is 82.3 Å². The largest absolute Gasteiger partial charge is 0.377 e. The molecule has 29 heavy (non-hydrogen) atoms. The fraction of sp³-hybridized carbons (Fsp3) is 0.538. The second kappa shape index (κ2) is 10.9. The summed E-state index contributed by atoms with van der Waals surface area (Å²) in [6.45, 7) is 4.47. The van der Waals surface area contributed by atoms with E-state index >= 15 is 0 Å². The summed E-state index contributed by atoms with van der Waals surface area (Å²) in [4.78, 5) is 0. The summed E-state index contributed by atoms with van der Waals surface area (Å²) in [6, 6.07) is 11.1. The summed E-state index contributed by atoms with van der Waals surface area (Å²) in [5.74, 6) is 0.435. The van der Waals surface area contributed by atoms with E-state index in [0.717, 1.165) is 11.5 Å². The van der Waals surface area contributed by atoms with Crippen LogP contribution in [0.3, 0.4) is 0 Å². The molecule has 0 atom stereocenters. The van der Waals surface area contributed by atoms with Crippen LogP contribution in [0.2, 0.25) is 0 Å². The lowest BCUT2D eigenvalue weighted by Crippen LogP contribution is -2.13. The first-order valence-electron chi connectivity index (χ1n) is 11.3. The van der Waals surface area contributed by atoms with E-state index in [0.29, 0.717) is 18.1 Å². The van der Waals surface area contributed by atoms with Gasteiger partial charge in [-0.05, 0) is 73.3 Å². The van der Waals surface area contributed by atoms with Gasteiger partial charge in [0, 0.05) is 12.2 Å². The van der Waals surface area contributed by atoms with Gasteiger partial charge in [0.15, 0.2) is 0 Å². The Hall–Kier alpha value is -1.74. The van der Waals surface area contributed by atoms with Crippen molar-refractivity contribution in [3.8, 4) is 11.1 Å². The van der Waals surface area contributed by atoms with Crippen molar-refractivity contribution in [1.82, 2.24) is 0 Å². The minimum Gasteiger partial charge on any atom is -0.377 e. The van der Waals surface area contributed by atoms with Crippen molar-refractivity contribution in [1.29, 1.82) is 0 Å². The monoisotopic (exact) mass is 400 g/mol. The van der Waals surface area contributed by atoms with Crippen molar-refractivity contribution in [2.75, 3.05) is 6.61 Å². The number of ether oxygens (including phenoxy) is 1. The molecule has 158 valence electrons. The number of unbranched alkanes of at least 4 members (excludes halogenated alkanes) is 2. The Balaban J connectivity index is 1.62. The first kappa shape index (κ1) is 22.0. The van der Waals surface area contributed by atoms with E-state index in [1.54, 1.807) is 0 Å². The molecular formula is C26H34F2O. The second-order valence-electron chi connectivity index (χ2n) is 8.39. The fourth-order valence-corrected chi connectivity index (χ4v) is 4.53. The van der Waals surface area contributed by atoms with E-state index < -0.39 is 11.6 Å². The molecule has 0 aromatic heterocycles. The van der Waals surface area contributed by atoms with E-state index in [4.69, 9.17) is 4.74 Å². The van der Waals surface area contributed by atoms with Crippen LogP contribution in [0.15, 0.2) is 36.4 Å². The molecule has 3 heteroatoms. The van der Waals surface area contributed by atoms with Crippen LogP contribution < -0.4 is 0 Å². The van der Waals surface area contributed by atoms with Crippen molar-refractivity contribution in [3.63, 3.8) is 0 Å². The molecule has 1 saturated carbocycles. The van der Waals surface area contributed by atoms with Crippen LogP contribution in [-0.4, -0.2) is 6.61 Å². The van der Waals surface area contributed by atoms with Gasteiger partial charge in [-0.1, -0.05) is 56.9 Å². The summed E-state index contributed by atoms with van der Waals surface area (Å²) in [5, 5.41) is 0. The van der Waals surface area contributed by atoms with Gasteiger partial charge >= 0.3 is 0 Å². The highest BCUT2D eigenvalue weighted by atomic mass is 19.1. The maximum atomic E-state index is 14.3. The van der Waals surface area contributed by atoms with E-state index in [-0.39, 0.29) is 12.2 Å². The summed E-state index contributed by atoms with van der Waals surface area (Å²) >= 11 is 0. The maximum Gasteiger partial charge on any atom is 0.132 e. The lowest BCUT2D eigenvalue weighted by atomic mass is 9.77. The number of benzene rings is 2. The Morgan fingerprint density at radius 2 is 1.52 bits per heavy atom. The molecular weight excluding hydrogens is 366 g/mol. The van der Waals surface area contributed by atoms with Crippen LogP contribution in [0.4, 0.5) is 8.78 Å². The average molecular weight is 401 g/mol. The van der Waals surface area contributed by atoms with Gasteiger partial charge in [0.2, 0.25) is 0 Å². The molecule has 0 spiro atoms. The van der Waals surface area contributed by atoms with Crippen molar-refractivity contribution in [2.24, 2.45) is 5.92 Å². The predicted molar refractivity (Wildman–Crippen MR) is 116 cm³/mol. The Bertz CT molecular complexity index is 738. The lowest BCUT2D eigenvalue weighted by Gasteiger charge is -2.29. The Morgan fingerprint density at radius 1 is 0.862 bits per heavy atom. The van der Waals surface area contributed by atoms with E-state index in [1.165, 1.54) is 69.1 Å². The van der Waals surface area contributed by atoms with Crippen LogP contribution in [0, 0.1) is 17.6 Å². The third kappa shape index (κ3) is 5.88. The van der Waals surface area contributed by atoms with Gasteiger partial charge in [0.25, 0.3) is 0 Å². The first-order valence-corrected chi connectivity index (χ1v) is 11.3. The Morgan fingerprint density at radius 3 is 2.10 bits per heavy atom. The molecule has 0 amide bonds. The molecule has 0 N–H and O–H groups in total. The van der Waals surface area contributed by atoms with Crippen LogP contribution in [0.25, 0.3) is 11.1 Å². The van der Waals surface area contributed by atoms with Gasteiger partial charge in [-0.25, -0.2) is 8.78 Å². The SMILES string of the molecule is CCCCCC1CCC(c2ccc(-c3cc(F)c(COCC)c(F)c3)cc2)CC1. The van der Waals surface area contributed by atoms with Gasteiger partial charge in [0.05, 0.1) is 6.61 Å². The standard InChI is InChI=1S/C26H34F2O/c1-3-5-6-7-19-8-10-20(11-9-19)21-12-14-22(15-13-21)23-16-25(27)24(18-29-4-2)26(28)17-23/h12-17,19-20H,3-11,18H2,1-2H3. The van der Waals surface area contributed by atoms with Crippen molar-refractivity contribution < 1.29 is 13.5 Å². The zero-order valence-corrected chi connectivity index (χ0v) is 17.9. The molecule has 2 aromatic carbocycles. The van der Waals surface area contributed by atoms with Crippen molar-refractivity contribution >= 4 is 0 Å². The zero-order valence-electron chi connectivity index (χ0n) is 17.9. The third-order valence-electron chi connectivity index (χ3n) is 6.37. The third-order valence-corrected chi connectivity index (χ3v) is 6.37. The molecule has 0 aliphatic heterocycles. The van der Waals surface area contributed by atoms with Crippen LogP contribution in [-0.2, 0) is 11.3 Å². The molecule has 1 aliphatic rings. The topological polar surface area (TPSA) is 9.23 Å². The van der Waals surface area contributed by atoms with Gasteiger partial charge in [-0.3, -0.25) is 0 Å². The van der Waals surface area contributed by atoms with Gasteiger partial charge in [-0.15, -0.1) is 0 Å². The van der Waals surface area contributed by atoms with E-state index in [1.807, 2.05) is 19.1 Å². The molecule has 1 fully saturated rings. The first-order chi connectivity index (χ1) is 14.1. The van der Waals surface area contributed by atoms with E-state index in [9.17, 15) is 8.78 Å². The summed E-state index contributed by atoms with van der Waals surface area (Å²) < 4.78 is 33.8. The Kier molecular flexibility index (Phi) is 8.23. The minimum absolute atomic E-state index is 0.00270.